The molecule has 2 fully saturated rings. The van der Waals surface area contributed by atoms with E-state index in [-0.39, 0.29) is 17.5 Å². The van der Waals surface area contributed by atoms with Crippen LogP contribution in [0.3, 0.4) is 0 Å². The largest absolute Gasteiger partial charge is 0.390 e. The van der Waals surface area contributed by atoms with Gasteiger partial charge in [-0.15, -0.1) is 0 Å². The number of carbonyl (C=O) groups is 1. The zero-order chi connectivity index (χ0) is 10.5. The minimum Gasteiger partial charge on any atom is -0.390 e. The second kappa shape index (κ2) is 2.96. The van der Waals surface area contributed by atoms with Crippen LogP contribution in [0.1, 0.15) is 40.0 Å². The van der Waals surface area contributed by atoms with Gasteiger partial charge < -0.3 is 10.0 Å². The number of hydrogen-bond donors (Lipinski definition) is 1. The Morgan fingerprint density at radius 1 is 1.36 bits per heavy atom. The van der Waals surface area contributed by atoms with Gasteiger partial charge in [-0.25, -0.2) is 0 Å². The Morgan fingerprint density at radius 2 is 1.93 bits per heavy atom. The summed E-state index contributed by atoms with van der Waals surface area (Å²) in [4.78, 5) is 13.6. The van der Waals surface area contributed by atoms with Crippen molar-refractivity contribution in [3.05, 3.63) is 0 Å². The van der Waals surface area contributed by atoms with Crippen LogP contribution in [0.4, 0.5) is 0 Å². The normalized spacial score (nSPS) is 34.0. The molecule has 1 amide bonds. The summed E-state index contributed by atoms with van der Waals surface area (Å²) in [7, 11) is 0. The summed E-state index contributed by atoms with van der Waals surface area (Å²) >= 11 is 0. The molecule has 1 aliphatic heterocycles. The molecule has 1 saturated heterocycles. The summed E-state index contributed by atoms with van der Waals surface area (Å²) in [6.45, 7) is 6.12. The molecule has 0 aromatic rings. The van der Waals surface area contributed by atoms with Crippen molar-refractivity contribution in [2.75, 3.05) is 0 Å². The Hall–Kier alpha value is -0.570. The third-order valence-electron chi connectivity index (χ3n) is 3.17. The van der Waals surface area contributed by atoms with Gasteiger partial charge >= 0.3 is 0 Å². The van der Waals surface area contributed by atoms with E-state index in [1.807, 2.05) is 25.7 Å². The van der Waals surface area contributed by atoms with E-state index >= 15 is 0 Å². The molecule has 0 spiro atoms. The maximum Gasteiger partial charge on any atom is 0.226 e. The number of rotatable bonds is 1. The maximum absolute atomic E-state index is 11.7. The highest BCUT2D eigenvalue weighted by atomic mass is 16.3. The lowest BCUT2D eigenvalue weighted by molar-refractivity contribution is -0.134. The Balaban J connectivity index is 2.22. The second-order valence-electron chi connectivity index (χ2n) is 5.53. The molecule has 0 bridgehead atoms. The van der Waals surface area contributed by atoms with Crippen molar-refractivity contribution in [2.45, 2.75) is 57.7 Å². The number of nitrogens with zero attached hydrogens (tertiary/aromatic N) is 1. The number of likely N-dealkylation sites (tertiary alicyclic amines) is 1. The summed E-state index contributed by atoms with van der Waals surface area (Å²) in [5.74, 6) is 0.664. The summed E-state index contributed by atoms with van der Waals surface area (Å²) in [6, 6.07) is 0.0856. The monoisotopic (exact) mass is 197 g/mol. The fourth-order valence-corrected chi connectivity index (χ4v) is 2.52. The fraction of sp³-hybridized carbons (Fsp3) is 0.909. The van der Waals surface area contributed by atoms with Crippen molar-refractivity contribution in [2.24, 2.45) is 5.92 Å². The van der Waals surface area contributed by atoms with Crippen LogP contribution in [0.5, 0.6) is 0 Å². The van der Waals surface area contributed by atoms with E-state index in [1.54, 1.807) is 0 Å². The van der Waals surface area contributed by atoms with Crippen molar-refractivity contribution in [1.29, 1.82) is 0 Å². The highest BCUT2D eigenvalue weighted by molar-refractivity contribution is 5.80. The first kappa shape index (κ1) is 9.97. The topological polar surface area (TPSA) is 40.5 Å². The average Bonchev–Trinajstić information content (AvgIpc) is 2.75. The SMILES string of the molecule is CC(C)(C)N1C(=O)C[C@@H](O)[C@@H]1C1CC1. The zero-order valence-corrected chi connectivity index (χ0v) is 9.16. The Labute approximate surface area is 85.1 Å². The van der Waals surface area contributed by atoms with Gasteiger partial charge in [0.1, 0.15) is 0 Å². The van der Waals surface area contributed by atoms with E-state index in [4.69, 9.17) is 0 Å². The van der Waals surface area contributed by atoms with E-state index in [9.17, 15) is 9.90 Å². The number of carbonyl (C=O) groups excluding carboxylic acids is 1. The number of aliphatic hydroxyl groups excluding tert-OH is 1. The third kappa shape index (κ3) is 1.54. The van der Waals surface area contributed by atoms with Crippen molar-refractivity contribution in [3.63, 3.8) is 0 Å². The van der Waals surface area contributed by atoms with Crippen LogP contribution in [0, 0.1) is 5.92 Å². The van der Waals surface area contributed by atoms with Crippen molar-refractivity contribution in [3.8, 4) is 0 Å². The molecule has 0 aromatic carbocycles. The van der Waals surface area contributed by atoms with Gasteiger partial charge in [0.2, 0.25) is 5.91 Å². The number of amides is 1. The molecule has 3 heteroatoms. The van der Waals surface area contributed by atoms with E-state index in [1.165, 1.54) is 12.8 Å². The quantitative estimate of drug-likeness (QED) is 0.685. The van der Waals surface area contributed by atoms with Gasteiger partial charge in [-0.1, -0.05) is 0 Å². The minimum absolute atomic E-state index is 0.0856. The van der Waals surface area contributed by atoms with Gasteiger partial charge in [-0.2, -0.15) is 0 Å². The number of hydrogen-bond acceptors (Lipinski definition) is 2. The third-order valence-corrected chi connectivity index (χ3v) is 3.17. The van der Waals surface area contributed by atoms with E-state index in [2.05, 4.69) is 0 Å². The Kier molecular flexibility index (Phi) is 2.11. The maximum atomic E-state index is 11.7. The predicted octanol–water partition coefficient (Wildman–Crippen LogP) is 1.16. The first-order valence-corrected chi connectivity index (χ1v) is 5.41. The molecule has 0 radical (unpaired) electrons. The lowest BCUT2D eigenvalue weighted by atomic mass is 10.0. The molecule has 2 aliphatic rings. The average molecular weight is 197 g/mol. The molecule has 1 aliphatic carbocycles. The molecule has 2 atom stereocenters. The van der Waals surface area contributed by atoms with Gasteiger partial charge in [0.15, 0.2) is 0 Å². The Morgan fingerprint density at radius 3 is 2.36 bits per heavy atom. The highest BCUT2D eigenvalue weighted by Crippen LogP contribution is 2.43. The van der Waals surface area contributed by atoms with E-state index in [0.29, 0.717) is 12.3 Å². The van der Waals surface area contributed by atoms with Gasteiger partial charge in [0, 0.05) is 5.54 Å². The van der Waals surface area contributed by atoms with Crippen LogP contribution in [0.15, 0.2) is 0 Å². The first-order chi connectivity index (χ1) is 6.41. The number of aliphatic hydroxyl groups is 1. The lowest BCUT2D eigenvalue weighted by Crippen LogP contribution is -2.49. The lowest BCUT2D eigenvalue weighted by Gasteiger charge is -2.38. The van der Waals surface area contributed by atoms with Crippen LogP contribution >= 0.6 is 0 Å². The van der Waals surface area contributed by atoms with Crippen LogP contribution in [-0.4, -0.2) is 33.6 Å². The highest BCUT2D eigenvalue weighted by Gasteiger charge is 2.50. The minimum atomic E-state index is -0.436. The summed E-state index contributed by atoms with van der Waals surface area (Å²) in [6.07, 6.45) is 2.22. The van der Waals surface area contributed by atoms with Crippen LogP contribution in [0.2, 0.25) is 0 Å². The predicted molar refractivity (Wildman–Crippen MR) is 53.7 cm³/mol. The first-order valence-electron chi connectivity index (χ1n) is 5.41. The van der Waals surface area contributed by atoms with Gasteiger partial charge in [0.25, 0.3) is 0 Å². The summed E-state index contributed by atoms with van der Waals surface area (Å²) in [5, 5.41) is 9.84. The van der Waals surface area contributed by atoms with Gasteiger partial charge in [0.05, 0.1) is 18.6 Å². The van der Waals surface area contributed by atoms with Gasteiger partial charge in [-0.3, -0.25) is 4.79 Å². The van der Waals surface area contributed by atoms with Crippen molar-refractivity contribution in [1.82, 2.24) is 4.90 Å². The fourth-order valence-electron chi connectivity index (χ4n) is 2.52. The molecule has 0 unspecified atom stereocenters. The van der Waals surface area contributed by atoms with Crippen LogP contribution < -0.4 is 0 Å². The molecule has 0 aromatic heterocycles. The van der Waals surface area contributed by atoms with Crippen molar-refractivity contribution < 1.29 is 9.90 Å². The van der Waals surface area contributed by atoms with Crippen LogP contribution in [-0.2, 0) is 4.79 Å². The Bertz CT molecular complexity index is 253. The standard InChI is InChI=1S/C11H19NO2/c1-11(2,3)12-9(14)6-8(13)10(12)7-4-5-7/h7-8,10,13H,4-6H2,1-3H3/t8-,10+/m1/s1. The van der Waals surface area contributed by atoms with Crippen LogP contribution in [0.25, 0.3) is 0 Å². The molecule has 1 heterocycles. The molecule has 3 nitrogen and oxygen atoms in total. The van der Waals surface area contributed by atoms with E-state index in [0.717, 1.165) is 0 Å². The molecular weight excluding hydrogens is 178 g/mol. The van der Waals surface area contributed by atoms with Crippen molar-refractivity contribution >= 4 is 5.91 Å². The zero-order valence-electron chi connectivity index (χ0n) is 9.16. The summed E-state index contributed by atoms with van der Waals surface area (Å²) < 4.78 is 0. The van der Waals surface area contributed by atoms with Gasteiger partial charge in [-0.05, 0) is 39.5 Å². The molecule has 14 heavy (non-hydrogen) atoms. The molecule has 2 rings (SSSR count). The molecule has 80 valence electrons. The van der Waals surface area contributed by atoms with E-state index < -0.39 is 6.10 Å². The second-order valence-corrected chi connectivity index (χ2v) is 5.53. The molecule has 1 N–H and O–H groups in total. The summed E-state index contributed by atoms with van der Waals surface area (Å²) in [5.41, 5.74) is -0.151. The molecule has 1 saturated carbocycles. The molecular formula is C11H19NO2. The smallest absolute Gasteiger partial charge is 0.226 e.